The second-order valence-corrected chi connectivity index (χ2v) is 5.88. The Hall–Kier alpha value is -1.55. The third-order valence-electron chi connectivity index (χ3n) is 3.41. The Morgan fingerprint density at radius 1 is 1.19 bits per heavy atom. The fourth-order valence-corrected chi connectivity index (χ4v) is 2.18. The summed E-state index contributed by atoms with van der Waals surface area (Å²) in [6, 6.07) is 7.45. The van der Waals surface area contributed by atoms with Gasteiger partial charge in [-0.25, -0.2) is 4.79 Å². The molecular weight excluding hydrogens is 262 g/mol. The highest BCUT2D eigenvalue weighted by Gasteiger charge is 2.01. The number of carbonyl (C=O) groups is 1. The van der Waals surface area contributed by atoms with Crippen LogP contribution in [0.3, 0.4) is 0 Å². The number of carbonyl (C=O) groups excluding carboxylic acids is 1. The summed E-state index contributed by atoms with van der Waals surface area (Å²) in [6.07, 6.45) is 6.05. The van der Waals surface area contributed by atoms with Crippen molar-refractivity contribution >= 4 is 11.7 Å². The van der Waals surface area contributed by atoms with E-state index >= 15 is 0 Å². The number of unbranched alkanes of at least 4 members (excludes halogenated alkanes) is 3. The fraction of sp³-hybridized carbons (Fsp3) is 0.588. The van der Waals surface area contributed by atoms with Crippen LogP contribution in [0.4, 0.5) is 10.5 Å². The van der Waals surface area contributed by atoms with Crippen molar-refractivity contribution in [1.29, 1.82) is 0 Å². The van der Waals surface area contributed by atoms with Crippen molar-refractivity contribution in [3.63, 3.8) is 0 Å². The van der Waals surface area contributed by atoms with Crippen LogP contribution in [0.1, 0.15) is 51.5 Å². The molecule has 4 N–H and O–H groups in total. The maximum absolute atomic E-state index is 11.7. The van der Waals surface area contributed by atoms with E-state index in [0.717, 1.165) is 30.1 Å². The van der Waals surface area contributed by atoms with Gasteiger partial charge in [0.1, 0.15) is 0 Å². The topological polar surface area (TPSA) is 67.2 Å². The van der Waals surface area contributed by atoms with Gasteiger partial charge < -0.3 is 16.4 Å². The van der Waals surface area contributed by atoms with Gasteiger partial charge in [0.15, 0.2) is 0 Å². The van der Waals surface area contributed by atoms with Crippen LogP contribution in [0.2, 0.25) is 0 Å². The van der Waals surface area contributed by atoms with Crippen molar-refractivity contribution in [2.45, 2.75) is 52.5 Å². The van der Waals surface area contributed by atoms with Gasteiger partial charge >= 0.3 is 6.03 Å². The van der Waals surface area contributed by atoms with Crippen molar-refractivity contribution in [1.82, 2.24) is 5.32 Å². The van der Waals surface area contributed by atoms with Crippen LogP contribution in [0.25, 0.3) is 0 Å². The second kappa shape index (κ2) is 10.2. The maximum atomic E-state index is 11.7. The van der Waals surface area contributed by atoms with E-state index < -0.39 is 0 Å². The van der Waals surface area contributed by atoms with Crippen molar-refractivity contribution in [3.8, 4) is 0 Å². The molecule has 0 bridgehead atoms. The lowest BCUT2D eigenvalue weighted by molar-refractivity contribution is 0.252. The predicted molar refractivity (Wildman–Crippen MR) is 89.3 cm³/mol. The van der Waals surface area contributed by atoms with Gasteiger partial charge in [0.25, 0.3) is 0 Å². The molecule has 4 nitrogen and oxygen atoms in total. The summed E-state index contributed by atoms with van der Waals surface area (Å²) in [5, 5.41) is 5.72. The zero-order valence-electron chi connectivity index (χ0n) is 13.3. The van der Waals surface area contributed by atoms with Gasteiger partial charge in [-0.2, -0.15) is 0 Å². The normalized spacial score (nSPS) is 10.7. The Labute approximate surface area is 128 Å². The first-order valence-electron chi connectivity index (χ1n) is 7.95. The number of rotatable bonds is 9. The van der Waals surface area contributed by atoms with E-state index in [9.17, 15) is 4.79 Å². The van der Waals surface area contributed by atoms with Crippen LogP contribution in [-0.2, 0) is 6.54 Å². The summed E-state index contributed by atoms with van der Waals surface area (Å²) >= 11 is 0. The van der Waals surface area contributed by atoms with E-state index in [1.54, 1.807) is 0 Å². The number of hydrogen-bond donors (Lipinski definition) is 3. The zero-order valence-corrected chi connectivity index (χ0v) is 13.3. The smallest absolute Gasteiger partial charge is 0.319 e. The van der Waals surface area contributed by atoms with Crippen LogP contribution in [0.5, 0.6) is 0 Å². The van der Waals surface area contributed by atoms with E-state index in [-0.39, 0.29) is 6.03 Å². The highest BCUT2D eigenvalue weighted by Crippen LogP contribution is 2.10. The van der Waals surface area contributed by atoms with Gasteiger partial charge in [-0.05, 0) is 30.0 Å². The number of nitrogens with one attached hydrogen (secondary N) is 2. The number of anilines is 1. The molecule has 2 amide bonds. The van der Waals surface area contributed by atoms with Crippen molar-refractivity contribution in [3.05, 3.63) is 29.8 Å². The molecule has 21 heavy (non-hydrogen) atoms. The van der Waals surface area contributed by atoms with Crippen LogP contribution < -0.4 is 16.4 Å². The largest absolute Gasteiger partial charge is 0.338 e. The molecule has 0 aromatic heterocycles. The molecule has 0 radical (unpaired) electrons. The number of urea groups is 1. The Morgan fingerprint density at radius 2 is 1.95 bits per heavy atom. The first-order valence-corrected chi connectivity index (χ1v) is 7.95. The summed E-state index contributed by atoms with van der Waals surface area (Å²) in [5.74, 6) is 0.790. The molecule has 1 rings (SSSR count). The molecule has 0 saturated heterocycles. The Kier molecular flexibility index (Phi) is 8.51. The molecule has 0 spiro atoms. The van der Waals surface area contributed by atoms with Crippen LogP contribution >= 0.6 is 0 Å². The van der Waals surface area contributed by atoms with Crippen LogP contribution in [0.15, 0.2) is 24.3 Å². The molecular formula is C17H29N3O. The van der Waals surface area contributed by atoms with Gasteiger partial charge in [0, 0.05) is 18.8 Å². The van der Waals surface area contributed by atoms with Gasteiger partial charge in [-0.15, -0.1) is 0 Å². The lowest BCUT2D eigenvalue weighted by Crippen LogP contribution is -2.29. The number of benzene rings is 1. The molecule has 0 aliphatic rings. The highest BCUT2D eigenvalue weighted by molar-refractivity contribution is 5.89. The molecule has 0 unspecified atom stereocenters. The summed E-state index contributed by atoms with van der Waals surface area (Å²) in [5.41, 5.74) is 7.37. The minimum atomic E-state index is -0.147. The molecule has 4 heteroatoms. The molecule has 1 aromatic rings. The Morgan fingerprint density at radius 3 is 2.67 bits per heavy atom. The quantitative estimate of drug-likeness (QED) is 0.604. The molecule has 0 fully saturated rings. The average Bonchev–Trinajstić information content (AvgIpc) is 2.46. The minimum Gasteiger partial charge on any atom is -0.338 e. The number of amides is 2. The minimum absolute atomic E-state index is 0.147. The van der Waals surface area contributed by atoms with Gasteiger partial charge in [0.05, 0.1) is 0 Å². The fourth-order valence-electron chi connectivity index (χ4n) is 2.18. The van der Waals surface area contributed by atoms with Crippen molar-refractivity contribution in [2.75, 3.05) is 11.9 Å². The Bertz CT molecular complexity index is 418. The van der Waals surface area contributed by atoms with Crippen molar-refractivity contribution in [2.24, 2.45) is 11.7 Å². The number of hydrogen-bond acceptors (Lipinski definition) is 2. The molecule has 118 valence electrons. The van der Waals surface area contributed by atoms with Gasteiger partial charge in [-0.1, -0.05) is 51.7 Å². The summed E-state index contributed by atoms with van der Waals surface area (Å²) < 4.78 is 0. The highest BCUT2D eigenvalue weighted by atomic mass is 16.2. The SMILES string of the molecule is CC(C)CCCCCCNC(=O)Nc1cccc(CN)c1. The first kappa shape index (κ1) is 17.5. The average molecular weight is 291 g/mol. The molecule has 0 saturated carbocycles. The monoisotopic (exact) mass is 291 g/mol. The van der Waals surface area contributed by atoms with Crippen LogP contribution in [-0.4, -0.2) is 12.6 Å². The van der Waals surface area contributed by atoms with Gasteiger partial charge in [-0.3, -0.25) is 0 Å². The molecule has 0 aliphatic heterocycles. The van der Waals surface area contributed by atoms with E-state index in [1.807, 2.05) is 24.3 Å². The molecule has 0 aliphatic carbocycles. The standard InChI is InChI=1S/C17H29N3O/c1-14(2)8-5-3-4-6-11-19-17(21)20-16-10-7-9-15(12-16)13-18/h7,9-10,12,14H,3-6,8,11,13,18H2,1-2H3,(H2,19,20,21). The lowest BCUT2D eigenvalue weighted by atomic mass is 10.0. The summed E-state index contributed by atoms with van der Waals surface area (Å²) in [7, 11) is 0. The predicted octanol–water partition coefficient (Wildman–Crippen LogP) is 3.87. The third kappa shape index (κ3) is 8.35. The Balaban J connectivity index is 2.11. The van der Waals surface area contributed by atoms with E-state index in [0.29, 0.717) is 6.54 Å². The van der Waals surface area contributed by atoms with Crippen molar-refractivity contribution < 1.29 is 4.79 Å². The number of nitrogens with two attached hydrogens (primary N) is 1. The maximum Gasteiger partial charge on any atom is 0.319 e. The third-order valence-corrected chi connectivity index (χ3v) is 3.41. The van der Waals surface area contributed by atoms with E-state index in [1.165, 1.54) is 25.7 Å². The molecule has 0 atom stereocenters. The molecule has 1 aromatic carbocycles. The first-order chi connectivity index (χ1) is 10.1. The van der Waals surface area contributed by atoms with Crippen LogP contribution in [0, 0.1) is 5.92 Å². The lowest BCUT2D eigenvalue weighted by Gasteiger charge is -2.09. The summed E-state index contributed by atoms with van der Waals surface area (Å²) in [6.45, 7) is 5.72. The van der Waals surface area contributed by atoms with Gasteiger partial charge in [0.2, 0.25) is 0 Å². The van der Waals surface area contributed by atoms with E-state index in [2.05, 4.69) is 24.5 Å². The molecule has 0 heterocycles. The second-order valence-electron chi connectivity index (χ2n) is 5.88. The zero-order chi connectivity index (χ0) is 15.5. The summed E-state index contributed by atoms with van der Waals surface area (Å²) in [4.78, 5) is 11.7. The van der Waals surface area contributed by atoms with E-state index in [4.69, 9.17) is 5.73 Å².